The number of hydrogen-bond donors (Lipinski definition) is 0. The quantitative estimate of drug-likeness (QED) is 0.633. The highest BCUT2D eigenvalue weighted by Gasteiger charge is 2.15. The van der Waals surface area contributed by atoms with Gasteiger partial charge in [-0.3, -0.25) is 0 Å². The molecule has 116 valence electrons. The lowest BCUT2D eigenvalue weighted by atomic mass is 10.2. The van der Waals surface area contributed by atoms with Gasteiger partial charge in [-0.2, -0.15) is 4.98 Å². The molecule has 0 bridgehead atoms. The summed E-state index contributed by atoms with van der Waals surface area (Å²) in [6.45, 7) is 6.95. The topological polar surface area (TPSA) is 95.4 Å². The molecule has 0 N–H and O–H groups in total. The van der Waals surface area contributed by atoms with Crippen LogP contribution in [0.5, 0.6) is 0 Å². The lowest BCUT2D eigenvalue weighted by molar-refractivity contribution is 0.425. The Morgan fingerprint density at radius 1 is 1.41 bits per heavy atom. The van der Waals surface area contributed by atoms with Gasteiger partial charge in [0.1, 0.15) is 4.88 Å². The van der Waals surface area contributed by atoms with Gasteiger partial charge in [0.2, 0.25) is 5.16 Å². The number of hydrogen-bond acceptors (Lipinski definition) is 9. The first-order chi connectivity index (χ1) is 10.6. The van der Waals surface area contributed by atoms with Crippen molar-refractivity contribution in [1.82, 2.24) is 35.3 Å². The van der Waals surface area contributed by atoms with Crippen molar-refractivity contribution >= 4 is 23.1 Å². The molecule has 0 spiro atoms. The average Bonchev–Trinajstić information content (AvgIpc) is 3.17. The number of nitrogens with zero attached hydrogens (tertiary/aromatic N) is 7. The van der Waals surface area contributed by atoms with Crippen LogP contribution in [0.25, 0.3) is 10.8 Å². The van der Waals surface area contributed by atoms with E-state index >= 15 is 0 Å². The van der Waals surface area contributed by atoms with Gasteiger partial charge >= 0.3 is 0 Å². The summed E-state index contributed by atoms with van der Waals surface area (Å²) in [5, 5.41) is 16.5. The SMILES string of the molecule is Cc1ncsc1-c1nc(CSc2nnnn2CC(C)C)no1. The van der Waals surface area contributed by atoms with Crippen molar-refractivity contribution in [2.75, 3.05) is 0 Å². The lowest BCUT2D eigenvalue weighted by Gasteiger charge is -2.05. The Hall–Kier alpha value is -1.81. The van der Waals surface area contributed by atoms with E-state index in [0.717, 1.165) is 22.3 Å². The Bertz CT molecular complexity index is 748. The van der Waals surface area contributed by atoms with Gasteiger partial charge in [0.15, 0.2) is 5.82 Å². The van der Waals surface area contributed by atoms with Crippen molar-refractivity contribution in [3.8, 4) is 10.8 Å². The zero-order chi connectivity index (χ0) is 15.5. The molecule has 10 heteroatoms. The van der Waals surface area contributed by atoms with Crippen LogP contribution >= 0.6 is 23.1 Å². The summed E-state index contributed by atoms with van der Waals surface area (Å²) in [5.41, 5.74) is 2.66. The van der Waals surface area contributed by atoms with Crippen LogP contribution in [0.15, 0.2) is 15.2 Å². The van der Waals surface area contributed by atoms with Gasteiger partial charge in [-0.1, -0.05) is 30.8 Å². The molecule has 0 aliphatic heterocycles. The standard InChI is InChI=1S/C12H15N7OS2/c1-7(2)4-19-12(15-17-18-19)21-5-9-14-11(20-16-9)10-8(3)13-6-22-10/h6-7H,4-5H2,1-3H3. The molecule has 22 heavy (non-hydrogen) atoms. The van der Waals surface area contributed by atoms with Crippen LogP contribution in [-0.2, 0) is 12.3 Å². The molecule has 0 fully saturated rings. The minimum Gasteiger partial charge on any atom is -0.333 e. The second-order valence-corrected chi connectivity index (χ2v) is 6.91. The van der Waals surface area contributed by atoms with Crippen LogP contribution < -0.4 is 0 Å². The summed E-state index contributed by atoms with van der Waals surface area (Å²) in [6.07, 6.45) is 0. The minimum atomic E-state index is 0.480. The van der Waals surface area contributed by atoms with Crippen molar-refractivity contribution in [2.24, 2.45) is 5.92 Å². The van der Waals surface area contributed by atoms with Crippen molar-refractivity contribution < 1.29 is 4.52 Å². The summed E-state index contributed by atoms with van der Waals surface area (Å²) in [5.74, 6) is 2.16. The molecule has 3 aromatic heterocycles. The van der Waals surface area contributed by atoms with E-state index in [1.54, 1.807) is 10.2 Å². The summed E-state index contributed by atoms with van der Waals surface area (Å²) < 4.78 is 7.09. The number of aromatic nitrogens is 7. The van der Waals surface area contributed by atoms with E-state index in [0.29, 0.717) is 23.4 Å². The van der Waals surface area contributed by atoms with Gasteiger partial charge in [-0.05, 0) is 23.3 Å². The third-order valence-corrected chi connectivity index (χ3v) is 4.65. The first-order valence-corrected chi connectivity index (χ1v) is 8.62. The average molecular weight is 337 g/mol. The Balaban J connectivity index is 1.67. The zero-order valence-electron chi connectivity index (χ0n) is 12.4. The maximum Gasteiger partial charge on any atom is 0.269 e. The fourth-order valence-corrected chi connectivity index (χ4v) is 3.25. The highest BCUT2D eigenvalue weighted by atomic mass is 32.2. The molecule has 3 heterocycles. The zero-order valence-corrected chi connectivity index (χ0v) is 14.1. The molecule has 3 aromatic rings. The number of aryl methyl sites for hydroxylation is 1. The van der Waals surface area contributed by atoms with Gasteiger partial charge in [-0.15, -0.1) is 16.4 Å². The van der Waals surface area contributed by atoms with E-state index < -0.39 is 0 Å². The third kappa shape index (κ3) is 3.33. The maximum atomic E-state index is 5.29. The normalized spacial score (nSPS) is 11.5. The van der Waals surface area contributed by atoms with Gasteiger partial charge in [0, 0.05) is 6.54 Å². The molecule has 3 rings (SSSR count). The van der Waals surface area contributed by atoms with Gasteiger partial charge < -0.3 is 4.52 Å². The molecule has 0 aromatic carbocycles. The van der Waals surface area contributed by atoms with Crippen molar-refractivity contribution in [1.29, 1.82) is 0 Å². The molecular formula is C12H15N7OS2. The van der Waals surface area contributed by atoms with E-state index in [1.807, 2.05) is 6.92 Å². The Kier molecular flexibility index (Phi) is 4.48. The molecule has 0 saturated carbocycles. The van der Waals surface area contributed by atoms with Crippen LogP contribution in [0.2, 0.25) is 0 Å². The van der Waals surface area contributed by atoms with E-state index in [4.69, 9.17) is 4.52 Å². The second kappa shape index (κ2) is 6.53. The molecule has 0 atom stereocenters. The van der Waals surface area contributed by atoms with Crippen molar-refractivity contribution in [3.05, 3.63) is 17.0 Å². The Morgan fingerprint density at radius 2 is 2.27 bits per heavy atom. The first-order valence-electron chi connectivity index (χ1n) is 6.75. The minimum absolute atomic E-state index is 0.480. The summed E-state index contributed by atoms with van der Waals surface area (Å²) in [4.78, 5) is 9.49. The van der Waals surface area contributed by atoms with E-state index in [-0.39, 0.29) is 0 Å². The van der Waals surface area contributed by atoms with Crippen molar-refractivity contribution in [2.45, 2.75) is 38.2 Å². The highest BCUT2D eigenvalue weighted by molar-refractivity contribution is 7.98. The number of thioether (sulfide) groups is 1. The fourth-order valence-electron chi connectivity index (χ4n) is 1.80. The largest absolute Gasteiger partial charge is 0.333 e. The fraction of sp³-hybridized carbons (Fsp3) is 0.500. The molecule has 0 unspecified atom stereocenters. The molecule has 8 nitrogen and oxygen atoms in total. The second-order valence-electron chi connectivity index (χ2n) is 5.11. The van der Waals surface area contributed by atoms with Crippen LogP contribution in [0.1, 0.15) is 25.4 Å². The van der Waals surface area contributed by atoms with Crippen LogP contribution in [0.3, 0.4) is 0 Å². The predicted molar refractivity (Wildman–Crippen MR) is 82.4 cm³/mol. The van der Waals surface area contributed by atoms with Gasteiger partial charge in [0.05, 0.1) is 17.0 Å². The van der Waals surface area contributed by atoms with E-state index in [2.05, 4.69) is 44.5 Å². The number of thiazole rings is 1. The van der Waals surface area contributed by atoms with Crippen LogP contribution in [-0.4, -0.2) is 35.3 Å². The summed E-state index contributed by atoms with van der Waals surface area (Å²) >= 11 is 2.98. The smallest absolute Gasteiger partial charge is 0.269 e. The Morgan fingerprint density at radius 3 is 3.00 bits per heavy atom. The van der Waals surface area contributed by atoms with Crippen LogP contribution in [0, 0.1) is 12.8 Å². The maximum absolute atomic E-state index is 5.29. The van der Waals surface area contributed by atoms with E-state index in [9.17, 15) is 0 Å². The number of rotatable bonds is 6. The predicted octanol–water partition coefficient (Wildman–Crippen LogP) is 2.44. The Labute approximate surface area is 135 Å². The molecule has 0 saturated heterocycles. The molecule has 0 aliphatic carbocycles. The van der Waals surface area contributed by atoms with Crippen LogP contribution in [0.4, 0.5) is 0 Å². The molecule has 0 radical (unpaired) electrons. The monoisotopic (exact) mass is 337 g/mol. The van der Waals surface area contributed by atoms with Gasteiger partial charge in [-0.25, -0.2) is 9.67 Å². The van der Waals surface area contributed by atoms with E-state index in [1.165, 1.54) is 23.1 Å². The molecular weight excluding hydrogens is 322 g/mol. The van der Waals surface area contributed by atoms with Gasteiger partial charge in [0.25, 0.3) is 5.89 Å². The number of tetrazole rings is 1. The first kappa shape index (κ1) is 15.1. The third-order valence-electron chi connectivity index (χ3n) is 2.78. The molecule has 0 amide bonds. The molecule has 0 aliphatic rings. The summed E-state index contributed by atoms with van der Waals surface area (Å²) in [7, 11) is 0. The lowest BCUT2D eigenvalue weighted by Crippen LogP contribution is -2.07. The summed E-state index contributed by atoms with van der Waals surface area (Å²) in [6, 6.07) is 0. The van der Waals surface area contributed by atoms with Crippen molar-refractivity contribution in [3.63, 3.8) is 0 Å². The highest BCUT2D eigenvalue weighted by Crippen LogP contribution is 2.26.